The van der Waals surface area contributed by atoms with Gasteiger partial charge in [-0.1, -0.05) is 60.3 Å². The largest absolute Gasteiger partial charge is 0.496 e. The molecule has 3 aromatic carbocycles. The van der Waals surface area contributed by atoms with Crippen molar-refractivity contribution in [2.24, 2.45) is 0 Å². The van der Waals surface area contributed by atoms with E-state index in [-0.39, 0.29) is 18.4 Å². The summed E-state index contributed by atoms with van der Waals surface area (Å²) in [7, 11) is 1.61. The number of amides is 2. The van der Waals surface area contributed by atoms with Gasteiger partial charge in [0.25, 0.3) is 5.91 Å². The van der Waals surface area contributed by atoms with E-state index in [2.05, 4.69) is 21.2 Å². The molecule has 5 nitrogen and oxygen atoms in total. The van der Waals surface area contributed by atoms with Crippen LogP contribution in [-0.4, -0.2) is 32.0 Å². The number of halogens is 1. The van der Waals surface area contributed by atoms with Crippen molar-refractivity contribution in [1.29, 1.82) is 0 Å². The number of nitrogens with one attached hydrogen (secondary N) is 1. The number of para-hydroxylation sites is 1. The average molecular weight is 523 g/mol. The maximum absolute atomic E-state index is 13.4. The lowest BCUT2D eigenvalue weighted by atomic mass is 10.1. The van der Waals surface area contributed by atoms with Crippen LogP contribution in [0.15, 0.2) is 87.1 Å². The molecule has 0 fully saturated rings. The van der Waals surface area contributed by atoms with Crippen molar-refractivity contribution in [2.45, 2.75) is 11.3 Å². The topological polar surface area (TPSA) is 58.6 Å². The normalized spacial score (nSPS) is 14.2. The fourth-order valence-corrected chi connectivity index (χ4v) is 5.15. The first kappa shape index (κ1) is 23.1. The summed E-state index contributed by atoms with van der Waals surface area (Å²) in [4.78, 5) is 29.1. The molecule has 168 valence electrons. The van der Waals surface area contributed by atoms with Crippen LogP contribution in [0.2, 0.25) is 0 Å². The van der Waals surface area contributed by atoms with Crippen LogP contribution in [0.1, 0.15) is 11.1 Å². The predicted molar refractivity (Wildman–Crippen MR) is 136 cm³/mol. The van der Waals surface area contributed by atoms with Gasteiger partial charge in [-0.05, 0) is 63.8 Å². The van der Waals surface area contributed by atoms with Crippen LogP contribution in [0.3, 0.4) is 0 Å². The van der Waals surface area contributed by atoms with Gasteiger partial charge in [0, 0.05) is 11.4 Å². The molecule has 1 aliphatic rings. The summed E-state index contributed by atoms with van der Waals surface area (Å²) >= 11 is 4.90. The summed E-state index contributed by atoms with van der Waals surface area (Å²) in [6, 6.07) is 23.3. The molecule has 0 saturated heterocycles. The van der Waals surface area contributed by atoms with E-state index in [0.29, 0.717) is 11.4 Å². The van der Waals surface area contributed by atoms with Crippen molar-refractivity contribution >= 4 is 51.3 Å². The number of nitrogens with zero attached hydrogens (tertiary/aromatic N) is 1. The monoisotopic (exact) mass is 522 g/mol. The van der Waals surface area contributed by atoms with E-state index in [1.165, 1.54) is 11.8 Å². The minimum Gasteiger partial charge on any atom is -0.496 e. The number of carbonyl (C=O) groups excluding carboxylic acids is 2. The summed E-state index contributed by atoms with van der Waals surface area (Å²) in [5.41, 5.74) is 2.77. The molecule has 0 atom stereocenters. The second-order valence-electron chi connectivity index (χ2n) is 7.45. The molecule has 1 aliphatic heterocycles. The maximum atomic E-state index is 13.4. The highest BCUT2D eigenvalue weighted by atomic mass is 79.9. The number of benzene rings is 3. The third-order valence-electron chi connectivity index (χ3n) is 5.19. The second-order valence-corrected chi connectivity index (χ2v) is 9.39. The first-order valence-corrected chi connectivity index (χ1v) is 12.1. The molecule has 0 aromatic heterocycles. The molecule has 1 heterocycles. The molecule has 0 aliphatic carbocycles. The van der Waals surface area contributed by atoms with Gasteiger partial charge in [-0.2, -0.15) is 0 Å². The lowest BCUT2D eigenvalue weighted by Gasteiger charge is -2.29. The Morgan fingerprint density at radius 2 is 1.85 bits per heavy atom. The molecule has 33 heavy (non-hydrogen) atoms. The zero-order valence-corrected chi connectivity index (χ0v) is 20.5. The van der Waals surface area contributed by atoms with Gasteiger partial charge in [0.15, 0.2) is 0 Å². The number of hydrogen-bond donors (Lipinski definition) is 1. The molecule has 0 saturated carbocycles. The van der Waals surface area contributed by atoms with Gasteiger partial charge in [-0.15, -0.1) is 0 Å². The first-order valence-electron chi connectivity index (χ1n) is 10.5. The van der Waals surface area contributed by atoms with Gasteiger partial charge in [0.05, 0.1) is 22.2 Å². The molecule has 3 aromatic rings. The number of hydrogen-bond acceptors (Lipinski definition) is 4. The Morgan fingerprint density at radius 1 is 1.09 bits per heavy atom. The average Bonchev–Trinajstić information content (AvgIpc) is 2.82. The second kappa shape index (κ2) is 10.7. The van der Waals surface area contributed by atoms with E-state index in [0.717, 1.165) is 38.4 Å². The summed E-state index contributed by atoms with van der Waals surface area (Å²) in [6.07, 6.45) is 2.58. The van der Waals surface area contributed by atoms with Gasteiger partial charge in [-0.3, -0.25) is 14.5 Å². The van der Waals surface area contributed by atoms with E-state index in [1.807, 2.05) is 78.9 Å². The van der Waals surface area contributed by atoms with Crippen LogP contribution in [0.25, 0.3) is 6.08 Å². The molecule has 0 bridgehead atoms. The zero-order chi connectivity index (χ0) is 23.2. The van der Waals surface area contributed by atoms with Gasteiger partial charge in [0.1, 0.15) is 12.3 Å². The highest BCUT2D eigenvalue weighted by Gasteiger charge is 2.30. The van der Waals surface area contributed by atoms with E-state index < -0.39 is 0 Å². The van der Waals surface area contributed by atoms with E-state index >= 15 is 0 Å². The van der Waals surface area contributed by atoms with Crippen LogP contribution in [0.4, 0.5) is 5.69 Å². The van der Waals surface area contributed by atoms with Crippen molar-refractivity contribution in [1.82, 2.24) is 5.32 Å². The summed E-state index contributed by atoms with van der Waals surface area (Å²) < 4.78 is 6.09. The Bertz CT molecular complexity index is 1200. The molecule has 0 radical (unpaired) electrons. The van der Waals surface area contributed by atoms with E-state index in [4.69, 9.17) is 4.74 Å². The molecule has 2 amide bonds. The highest BCUT2D eigenvalue weighted by Crippen LogP contribution is 2.42. The summed E-state index contributed by atoms with van der Waals surface area (Å²) in [5.74, 6) is 0.343. The number of ether oxygens (including phenoxy) is 1. The van der Waals surface area contributed by atoms with Crippen molar-refractivity contribution in [3.63, 3.8) is 0 Å². The van der Waals surface area contributed by atoms with Crippen molar-refractivity contribution in [3.8, 4) is 5.75 Å². The molecule has 1 N–H and O–H groups in total. The quantitative estimate of drug-likeness (QED) is 0.428. The Hall–Kier alpha value is -3.03. The lowest BCUT2D eigenvalue weighted by Crippen LogP contribution is -2.43. The number of methoxy groups -OCH3 is 1. The number of carbonyl (C=O) groups is 2. The predicted octanol–water partition coefficient (Wildman–Crippen LogP) is 5.30. The van der Waals surface area contributed by atoms with Crippen molar-refractivity contribution in [3.05, 3.63) is 93.3 Å². The fourth-order valence-electron chi connectivity index (χ4n) is 3.53. The summed E-state index contributed by atoms with van der Waals surface area (Å²) in [5, 5.41) is 2.94. The van der Waals surface area contributed by atoms with E-state index in [9.17, 15) is 9.59 Å². The Morgan fingerprint density at radius 3 is 2.61 bits per heavy atom. The molecule has 0 spiro atoms. The molecular formula is C26H23BrN2O3S. The summed E-state index contributed by atoms with van der Waals surface area (Å²) in [6.45, 7) is 0.485. The van der Waals surface area contributed by atoms with Gasteiger partial charge in [0.2, 0.25) is 5.91 Å². The zero-order valence-electron chi connectivity index (χ0n) is 18.1. The van der Waals surface area contributed by atoms with Gasteiger partial charge in [-0.25, -0.2) is 0 Å². The van der Waals surface area contributed by atoms with Crippen LogP contribution in [0.5, 0.6) is 5.75 Å². The minimum absolute atomic E-state index is 0.0329. The van der Waals surface area contributed by atoms with E-state index in [1.54, 1.807) is 12.0 Å². The maximum Gasteiger partial charge on any atom is 0.265 e. The van der Waals surface area contributed by atoms with Crippen molar-refractivity contribution < 1.29 is 14.3 Å². The number of anilines is 1. The van der Waals surface area contributed by atoms with Crippen LogP contribution < -0.4 is 15.0 Å². The molecule has 4 rings (SSSR count). The number of rotatable bonds is 7. The third-order valence-corrected chi connectivity index (χ3v) is 6.88. The first-order chi connectivity index (χ1) is 16.0. The Labute approximate surface area is 206 Å². The van der Waals surface area contributed by atoms with Crippen molar-refractivity contribution in [2.75, 3.05) is 25.1 Å². The lowest BCUT2D eigenvalue weighted by molar-refractivity contribution is -0.122. The SMILES string of the molecule is COc1ccc(/C=C2/Sc3ccccc3N(CC(=O)NCCc3ccccc3)C2=O)cc1Br. The van der Waals surface area contributed by atoms with Gasteiger partial charge < -0.3 is 10.1 Å². The smallest absolute Gasteiger partial charge is 0.265 e. The molecule has 0 unspecified atom stereocenters. The molecular weight excluding hydrogens is 500 g/mol. The fraction of sp³-hybridized carbons (Fsp3) is 0.154. The Balaban J connectivity index is 1.51. The number of fused-ring (bicyclic) bond motifs is 1. The standard InChI is InChI=1S/C26H23BrN2O3S/c1-32-22-12-11-19(15-20(22)27)16-24-26(31)29(21-9-5-6-10-23(21)33-24)17-25(30)28-14-13-18-7-3-2-4-8-18/h2-12,15-16H,13-14,17H2,1H3,(H,28,30)/b24-16+. The van der Waals surface area contributed by atoms with Gasteiger partial charge >= 0.3 is 0 Å². The minimum atomic E-state index is -0.191. The third kappa shape index (κ3) is 5.67. The highest BCUT2D eigenvalue weighted by molar-refractivity contribution is 9.10. The van der Waals surface area contributed by atoms with Crippen LogP contribution >= 0.6 is 27.7 Å². The molecule has 7 heteroatoms. The van der Waals surface area contributed by atoms with Crippen LogP contribution in [0, 0.1) is 0 Å². The number of thioether (sulfide) groups is 1. The Kier molecular flexibility index (Phi) is 7.52. The van der Waals surface area contributed by atoms with Crippen LogP contribution in [-0.2, 0) is 16.0 Å².